The first-order chi connectivity index (χ1) is 10.2. The molecular weight excluding hydrogens is 273 g/mol. The van der Waals surface area contributed by atoms with Crippen molar-refractivity contribution in [3.8, 4) is 0 Å². The molecule has 21 heavy (non-hydrogen) atoms. The maximum atomic E-state index is 13.5. The predicted octanol–water partition coefficient (Wildman–Crippen LogP) is 5.63. The Morgan fingerprint density at radius 3 is 2.10 bits per heavy atom. The molecule has 0 aliphatic carbocycles. The lowest BCUT2D eigenvalue weighted by Gasteiger charge is -2.10. The van der Waals surface area contributed by atoms with Crippen LogP contribution in [0.1, 0.15) is 11.1 Å². The number of halogens is 3. The van der Waals surface area contributed by atoms with Crippen molar-refractivity contribution in [2.24, 2.45) is 0 Å². The maximum Gasteiger partial charge on any atom is 0.278 e. The van der Waals surface area contributed by atoms with Crippen molar-refractivity contribution in [1.82, 2.24) is 0 Å². The van der Waals surface area contributed by atoms with E-state index in [1.165, 1.54) is 24.3 Å². The summed E-state index contributed by atoms with van der Waals surface area (Å²) in [5.41, 5.74) is 0.583. The van der Waals surface area contributed by atoms with Gasteiger partial charge in [-0.05, 0) is 34.0 Å². The van der Waals surface area contributed by atoms with Crippen LogP contribution in [0.4, 0.5) is 13.2 Å². The van der Waals surface area contributed by atoms with Crippen LogP contribution in [-0.4, -0.2) is 0 Å². The fourth-order valence-corrected chi connectivity index (χ4v) is 2.43. The van der Waals surface area contributed by atoms with Crippen LogP contribution in [0.25, 0.3) is 16.3 Å². The fourth-order valence-electron chi connectivity index (χ4n) is 2.43. The summed E-state index contributed by atoms with van der Waals surface area (Å²) in [6, 6.07) is 17.7. The van der Waals surface area contributed by atoms with E-state index in [4.69, 9.17) is 0 Å². The lowest BCUT2D eigenvalue weighted by atomic mass is 9.94. The average Bonchev–Trinajstić information content (AvgIpc) is 2.49. The summed E-state index contributed by atoms with van der Waals surface area (Å²) >= 11 is 0. The normalized spacial score (nSPS) is 10.6. The summed E-state index contributed by atoms with van der Waals surface area (Å²) in [6.45, 7) is 0. The van der Waals surface area contributed by atoms with Gasteiger partial charge in [0, 0.05) is 0 Å². The number of hydrogen-bond acceptors (Lipinski definition) is 0. The van der Waals surface area contributed by atoms with E-state index >= 15 is 0 Å². The van der Waals surface area contributed by atoms with E-state index in [1.54, 1.807) is 18.2 Å². The van der Waals surface area contributed by atoms with Gasteiger partial charge in [0.2, 0.25) is 0 Å². The summed E-state index contributed by atoms with van der Waals surface area (Å²) in [5.74, 6) is -0.449. The minimum Gasteiger partial charge on any atom is -0.207 e. The summed E-state index contributed by atoms with van der Waals surface area (Å²) < 4.78 is 40.0. The molecule has 0 N–H and O–H groups in total. The van der Waals surface area contributed by atoms with Gasteiger partial charge >= 0.3 is 0 Å². The van der Waals surface area contributed by atoms with Crippen LogP contribution in [0.5, 0.6) is 0 Å². The molecule has 3 aromatic rings. The van der Waals surface area contributed by atoms with Crippen LogP contribution in [-0.2, 0) is 0 Å². The van der Waals surface area contributed by atoms with Gasteiger partial charge in [-0.2, -0.15) is 8.78 Å². The third-order valence-electron chi connectivity index (χ3n) is 3.38. The van der Waals surface area contributed by atoms with Gasteiger partial charge in [0.1, 0.15) is 5.82 Å². The molecular formula is C18H11F3. The third-order valence-corrected chi connectivity index (χ3v) is 3.38. The van der Waals surface area contributed by atoms with Crippen molar-refractivity contribution in [3.63, 3.8) is 0 Å². The average molecular weight is 284 g/mol. The molecule has 0 atom stereocenters. The van der Waals surface area contributed by atoms with E-state index < -0.39 is 11.9 Å². The fraction of sp³-hybridized carbons (Fsp3) is 0. The molecule has 0 fully saturated rings. The highest BCUT2D eigenvalue weighted by Gasteiger charge is 2.14. The zero-order valence-electron chi connectivity index (χ0n) is 11.0. The molecule has 0 amide bonds. The molecule has 0 bridgehead atoms. The van der Waals surface area contributed by atoms with E-state index in [1.807, 2.05) is 24.3 Å². The second-order valence-electron chi connectivity index (χ2n) is 4.67. The van der Waals surface area contributed by atoms with E-state index in [0.717, 1.165) is 10.8 Å². The molecule has 0 nitrogen and oxygen atoms in total. The maximum absolute atomic E-state index is 13.5. The smallest absolute Gasteiger partial charge is 0.207 e. The number of benzene rings is 3. The Kier molecular flexibility index (Phi) is 3.48. The van der Waals surface area contributed by atoms with Crippen molar-refractivity contribution in [2.45, 2.75) is 0 Å². The topological polar surface area (TPSA) is 0 Å². The summed E-state index contributed by atoms with van der Waals surface area (Å²) in [5, 5.41) is 1.63. The van der Waals surface area contributed by atoms with Crippen molar-refractivity contribution in [1.29, 1.82) is 0 Å². The van der Waals surface area contributed by atoms with Crippen LogP contribution in [0.2, 0.25) is 0 Å². The Balaban J connectivity index is 2.27. The predicted molar refractivity (Wildman–Crippen MR) is 78.6 cm³/mol. The molecule has 0 heterocycles. The molecule has 3 rings (SSSR count). The monoisotopic (exact) mass is 284 g/mol. The first-order valence-corrected chi connectivity index (χ1v) is 6.46. The molecule has 0 spiro atoms. The SMILES string of the molecule is FC(F)=C(c1ccc(F)cc1)c1cccc2ccccc12. The zero-order chi connectivity index (χ0) is 14.8. The molecule has 0 saturated heterocycles. The van der Waals surface area contributed by atoms with Crippen molar-refractivity contribution >= 4 is 16.3 Å². The summed E-state index contributed by atoms with van der Waals surface area (Å²) in [4.78, 5) is 0. The third kappa shape index (κ3) is 2.55. The van der Waals surface area contributed by atoms with Gasteiger partial charge in [-0.1, -0.05) is 54.6 Å². The number of rotatable bonds is 2. The lowest BCUT2D eigenvalue weighted by molar-refractivity contribution is 0.426. The standard InChI is InChI=1S/C18H11F3/c19-14-10-8-13(9-11-14)17(18(20)21)16-7-3-5-12-4-1-2-6-15(12)16/h1-11H. The van der Waals surface area contributed by atoms with Crippen LogP contribution >= 0.6 is 0 Å². The molecule has 0 aromatic heterocycles. The molecule has 0 saturated carbocycles. The highest BCUT2D eigenvalue weighted by atomic mass is 19.3. The summed E-state index contributed by atoms with van der Waals surface area (Å²) in [6.07, 6.45) is -1.78. The highest BCUT2D eigenvalue weighted by molar-refractivity contribution is 5.97. The Morgan fingerprint density at radius 1 is 0.714 bits per heavy atom. The first-order valence-electron chi connectivity index (χ1n) is 6.46. The minimum absolute atomic E-state index is 0.160. The van der Waals surface area contributed by atoms with Gasteiger partial charge < -0.3 is 0 Å². The van der Waals surface area contributed by atoms with Gasteiger partial charge in [-0.15, -0.1) is 0 Å². The van der Waals surface area contributed by atoms with E-state index in [-0.39, 0.29) is 5.57 Å². The molecule has 0 aliphatic rings. The largest absolute Gasteiger partial charge is 0.278 e. The molecule has 3 aromatic carbocycles. The highest BCUT2D eigenvalue weighted by Crippen LogP contribution is 2.33. The summed E-state index contributed by atoms with van der Waals surface area (Å²) in [7, 11) is 0. The van der Waals surface area contributed by atoms with Crippen molar-refractivity contribution < 1.29 is 13.2 Å². The molecule has 3 heteroatoms. The van der Waals surface area contributed by atoms with Crippen LogP contribution in [0.15, 0.2) is 72.8 Å². The molecule has 0 aliphatic heterocycles. The second kappa shape index (κ2) is 5.44. The number of hydrogen-bond donors (Lipinski definition) is 0. The Hall–Kier alpha value is -2.55. The Bertz CT molecular complexity index is 808. The first kappa shape index (κ1) is 13.4. The second-order valence-corrected chi connectivity index (χ2v) is 4.67. The minimum atomic E-state index is -1.78. The number of fused-ring (bicyclic) bond motifs is 1. The van der Waals surface area contributed by atoms with Crippen LogP contribution in [0, 0.1) is 5.82 Å². The van der Waals surface area contributed by atoms with E-state index in [0.29, 0.717) is 11.1 Å². The van der Waals surface area contributed by atoms with Gasteiger partial charge in [0.05, 0.1) is 5.57 Å². The van der Waals surface area contributed by atoms with Gasteiger partial charge in [0.15, 0.2) is 0 Å². The molecule has 0 radical (unpaired) electrons. The Labute approximate surface area is 120 Å². The molecule has 104 valence electrons. The van der Waals surface area contributed by atoms with Gasteiger partial charge in [0.25, 0.3) is 6.08 Å². The van der Waals surface area contributed by atoms with Crippen molar-refractivity contribution in [3.05, 3.63) is 89.8 Å². The van der Waals surface area contributed by atoms with Gasteiger partial charge in [-0.3, -0.25) is 0 Å². The van der Waals surface area contributed by atoms with Crippen LogP contribution in [0.3, 0.4) is 0 Å². The van der Waals surface area contributed by atoms with Crippen molar-refractivity contribution in [2.75, 3.05) is 0 Å². The Morgan fingerprint density at radius 2 is 1.38 bits per heavy atom. The van der Waals surface area contributed by atoms with Crippen LogP contribution < -0.4 is 0 Å². The molecule has 0 unspecified atom stereocenters. The quantitative estimate of drug-likeness (QED) is 0.571. The van der Waals surface area contributed by atoms with E-state index in [2.05, 4.69) is 0 Å². The van der Waals surface area contributed by atoms with E-state index in [9.17, 15) is 13.2 Å². The lowest BCUT2D eigenvalue weighted by Crippen LogP contribution is -1.92. The zero-order valence-corrected chi connectivity index (χ0v) is 11.0. The van der Waals surface area contributed by atoms with Gasteiger partial charge in [-0.25, -0.2) is 4.39 Å².